The molecule has 0 aliphatic heterocycles. The summed E-state index contributed by atoms with van der Waals surface area (Å²) in [5.74, 6) is -3.20. The van der Waals surface area contributed by atoms with E-state index >= 15 is 0 Å². The molecule has 188 valence electrons. The molecule has 2 rings (SSSR count). The maximum Gasteiger partial charge on any atom is 0.326 e. The van der Waals surface area contributed by atoms with Gasteiger partial charge in [-0.2, -0.15) is 0 Å². The molecule has 0 saturated heterocycles. The Labute approximate surface area is 205 Å². The molecular formula is C26H34N4O5. The number of hydrogen-bond donors (Lipinski definition) is 5. The fraction of sp³-hybridized carbons (Fsp3) is 0.385. The summed E-state index contributed by atoms with van der Waals surface area (Å²) in [6.45, 7) is 4.80. The number of nitrogens with one attached hydrogen (secondary N) is 3. The molecule has 0 radical (unpaired) electrons. The van der Waals surface area contributed by atoms with Crippen molar-refractivity contribution in [3.05, 3.63) is 71.8 Å². The van der Waals surface area contributed by atoms with Crippen molar-refractivity contribution in [1.82, 2.24) is 16.0 Å². The van der Waals surface area contributed by atoms with Gasteiger partial charge in [0, 0.05) is 6.42 Å². The van der Waals surface area contributed by atoms with Crippen LogP contribution in [0.1, 0.15) is 31.9 Å². The number of nitrogens with two attached hydrogens (primary N) is 1. The molecule has 9 nitrogen and oxygen atoms in total. The van der Waals surface area contributed by atoms with Crippen molar-refractivity contribution in [3.63, 3.8) is 0 Å². The highest BCUT2D eigenvalue weighted by molar-refractivity contribution is 5.94. The molecule has 0 saturated carbocycles. The number of carboxylic acids is 1. The summed E-state index contributed by atoms with van der Waals surface area (Å²) >= 11 is 0. The van der Waals surface area contributed by atoms with Gasteiger partial charge in [-0.1, -0.05) is 74.5 Å². The highest BCUT2D eigenvalue weighted by Crippen LogP contribution is 2.07. The van der Waals surface area contributed by atoms with E-state index in [0.717, 1.165) is 11.1 Å². The average Bonchev–Trinajstić information content (AvgIpc) is 2.82. The summed E-state index contributed by atoms with van der Waals surface area (Å²) in [5, 5.41) is 17.0. The Hall–Kier alpha value is -3.72. The molecule has 0 aromatic heterocycles. The second-order valence-corrected chi connectivity index (χ2v) is 8.85. The third kappa shape index (κ3) is 8.86. The first kappa shape index (κ1) is 27.5. The second kappa shape index (κ2) is 13.2. The van der Waals surface area contributed by atoms with E-state index in [-0.39, 0.29) is 12.3 Å². The normalized spacial score (nSPS) is 14.3. The molecule has 4 atom stereocenters. The second-order valence-electron chi connectivity index (χ2n) is 8.85. The van der Waals surface area contributed by atoms with E-state index in [9.17, 15) is 24.3 Å². The van der Waals surface area contributed by atoms with Crippen molar-refractivity contribution < 1.29 is 24.3 Å². The number of carboxylic acid groups (broad SMARTS) is 1. The molecule has 0 aliphatic rings. The number of carbonyl (C=O) groups excluding carboxylic acids is 3. The van der Waals surface area contributed by atoms with Gasteiger partial charge in [0.15, 0.2) is 0 Å². The third-order valence-corrected chi connectivity index (χ3v) is 5.53. The van der Waals surface area contributed by atoms with Crippen molar-refractivity contribution >= 4 is 23.7 Å². The van der Waals surface area contributed by atoms with Gasteiger partial charge in [-0.15, -0.1) is 0 Å². The van der Waals surface area contributed by atoms with Crippen LogP contribution >= 0.6 is 0 Å². The number of amides is 3. The first-order valence-electron chi connectivity index (χ1n) is 11.6. The first-order valence-corrected chi connectivity index (χ1v) is 11.6. The van der Waals surface area contributed by atoms with Gasteiger partial charge in [-0.3, -0.25) is 14.4 Å². The largest absolute Gasteiger partial charge is 0.480 e. The van der Waals surface area contributed by atoms with Gasteiger partial charge in [0.25, 0.3) is 0 Å². The Bertz CT molecular complexity index is 997. The fourth-order valence-corrected chi connectivity index (χ4v) is 3.47. The maximum atomic E-state index is 13.1. The minimum absolute atomic E-state index is 0.189. The van der Waals surface area contributed by atoms with Crippen LogP contribution < -0.4 is 21.7 Å². The van der Waals surface area contributed by atoms with Crippen molar-refractivity contribution in [2.75, 3.05) is 0 Å². The lowest BCUT2D eigenvalue weighted by atomic mass is 10.0. The topological polar surface area (TPSA) is 151 Å². The Kier molecular flexibility index (Phi) is 10.4. The molecule has 0 spiro atoms. The van der Waals surface area contributed by atoms with E-state index in [1.54, 1.807) is 13.8 Å². The molecule has 2 aromatic rings. The lowest BCUT2D eigenvalue weighted by molar-refractivity contribution is -0.143. The standard InChI is InChI=1S/C26H34N4O5/c1-16(2)22(26(34)35)30-23(31)17(3)28-25(33)21(15-19-12-8-5-9-13-19)29-24(32)20(27)14-18-10-6-4-7-11-18/h4-13,16-17,20-22H,14-15,27H2,1-3H3,(H,28,33)(H,29,32)(H,30,31)(H,34,35). The monoisotopic (exact) mass is 482 g/mol. The van der Waals surface area contributed by atoms with Crippen molar-refractivity contribution in [2.24, 2.45) is 11.7 Å². The molecule has 6 N–H and O–H groups in total. The maximum absolute atomic E-state index is 13.1. The molecule has 0 heterocycles. The van der Waals surface area contributed by atoms with Crippen LogP contribution in [-0.2, 0) is 32.0 Å². The smallest absolute Gasteiger partial charge is 0.326 e. The highest BCUT2D eigenvalue weighted by Gasteiger charge is 2.29. The fourth-order valence-electron chi connectivity index (χ4n) is 3.47. The summed E-state index contributed by atoms with van der Waals surface area (Å²) in [5.41, 5.74) is 7.79. The average molecular weight is 483 g/mol. The van der Waals surface area contributed by atoms with Crippen LogP contribution in [0.25, 0.3) is 0 Å². The number of benzene rings is 2. The number of rotatable bonds is 12. The number of hydrogen-bond acceptors (Lipinski definition) is 5. The van der Waals surface area contributed by atoms with Crippen LogP contribution in [0.3, 0.4) is 0 Å². The summed E-state index contributed by atoms with van der Waals surface area (Å²) in [4.78, 5) is 49.8. The van der Waals surface area contributed by atoms with Crippen molar-refractivity contribution in [3.8, 4) is 0 Å². The number of aliphatic carboxylic acids is 1. The Morgan fingerprint density at radius 1 is 0.743 bits per heavy atom. The summed E-state index contributed by atoms with van der Waals surface area (Å²) in [6.07, 6.45) is 0.492. The summed E-state index contributed by atoms with van der Waals surface area (Å²) in [6, 6.07) is 14.5. The Morgan fingerprint density at radius 3 is 1.74 bits per heavy atom. The van der Waals surface area contributed by atoms with E-state index in [0.29, 0.717) is 6.42 Å². The summed E-state index contributed by atoms with van der Waals surface area (Å²) < 4.78 is 0. The van der Waals surface area contributed by atoms with Crippen LogP contribution in [0.2, 0.25) is 0 Å². The zero-order chi connectivity index (χ0) is 26.0. The minimum Gasteiger partial charge on any atom is -0.480 e. The van der Waals surface area contributed by atoms with Gasteiger partial charge in [0.2, 0.25) is 17.7 Å². The zero-order valence-corrected chi connectivity index (χ0v) is 20.2. The number of carbonyl (C=O) groups is 4. The van der Waals surface area contributed by atoms with Gasteiger partial charge >= 0.3 is 5.97 Å². The van der Waals surface area contributed by atoms with Gasteiger partial charge in [-0.05, 0) is 30.4 Å². The van der Waals surface area contributed by atoms with Crippen LogP contribution in [0.4, 0.5) is 0 Å². The Balaban J connectivity index is 2.09. The van der Waals surface area contributed by atoms with E-state index in [2.05, 4.69) is 16.0 Å². The van der Waals surface area contributed by atoms with Crippen LogP contribution in [0.5, 0.6) is 0 Å². The predicted octanol–water partition coefficient (Wildman–Crippen LogP) is 1.01. The Morgan fingerprint density at radius 2 is 1.26 bits per heavy atom. The molecule has 2 aromatic carbocycles. The third-order valence-electron chi connectivity index (χ3n) is 5.53. The van der Waals surface area contributed by atoms with E-state index in [1.807, 2.05) is 60.7 Å². The highest BCUT2D eigenvalue weighted by atomic mass is 16.4. The first-order chi connectivity index (χ1) is 16.6. The predicted molar refractivity (Wildman–Crippen MR) is 132 cm³/mol. The van der Waals surface area contributed by atoms with Gasteiger partial charge in [-0.25, -0.2) is 4.79 Å². The minimum atomic E-state index is -1.16. The zero-order valence-electron chi connectivity index (χ0n) is 20.2. The molecular weight excluding hydrogens is 448 g/mol. The molecule has 3 amide bonds. The molecule has 0 aliphatic carbocycles. The van der Waals surface area contributed by atoms with Crippen molar-refractivity contribution in [2.45, 2.75) is 57.8 Å². The summed E-state index contributed by atoms with van der Waals surface area (Å²) in [7, 11) is 0. The van der Waals surface area contributed by atoms with Crippen LogP contribution in [0, 0.1) is 5.92 Å². The van der Waals surface area contributed by atoms with Crippen LogP contribution in [0.15, 0.2) is 60.7 Å². The molecule has 9 heteroatoms. The van der Waals surface area contributed by atoms with E-state index in [1.165, 1.54) is 6.92 Å². The van der Waals surface area contributed by atoms with E-state index in [4.69, 9.17) is 5.73 Å². The van der Waals surface area contributed by atoms with Crippen LogP contribution in [-0.4, -0.2) is 53.0 Å². The van der Waals surface area contributed by atoms with Gasteiger partial charge in [0.05, 0.1) is 6.04 Å². The van der Waals surface area contributed by atoms with Crippen molar-refractivity contribution in [1.29, 1.82) is 0 Å². The quantitative estimate of drug-likeness (QED) is 0.305. The SMILES string of the molecule is CC(NC(=O)C(Cc1ccccc1)NC(=O)C(N)Cc1ccccc1)C(=O)NC(C(=O)O)C(C)C. The van der Waals surface area contributed by atoms with Gasteiger partial charge < -0.3 is 26.8 Å². The van der Waals surface area contributed by atoms with E-state index < -0.39 is 47.9 Å². The lowest BCUT2D eigenvalue weighted by Gasteiger charge is -2.24. The lowest BCUT2D eigenvalue weighted by Crippen LogP contribution is -2.57. The molecule has 4 unspecified atom stereocenters. The molecule has 0 fully saturated rings. The molecule has 35 heavy (non-hydrogen) atoms. The molecule has 0 bridgehead atoms. The van der Waals surface area contributed by atoms with Gasteiger partial charge in [0.1, 0.15) is 18.1 Å².